The molecule has 0 atom stereocenters. The highest BCUT2D eigenvalue weighted by Crippen LogP contribution is 2.21. The molecular weight excluding hydrogens is 422 g/mol. The maximum atomic E-state index is 12.7. The van der Waals surface area contributed by atoms with Crippen molar-refractivity contribution in [3.05, 3.63) is 66.7 Å². The van der Waals surface area contributed by atoms with Gasteiger partial charge in [0.1, 0.15) is 5.75 Å². The number of carbonyl (C=O) groups excluding carboxylic acids is 2. The number of oxazole rings is 1. The van der Waals surface area contributed by atoms with Gasteiger partial charge in [-0.05, 0) is 31.2 Å². The van der Waals surface area contributed by atoms with E-state index in [1.807, 2.05) is 43.3 Å². The molecule has 8 nitrogen and oxygen atoms in total. The van der Waals surface area contributed by atoms with Crippen LogP contribution in [-0.4, -0.2) is 36.6 Å². The fraction of sp³-hybridized carbons (Fsp3) is 0.280. The van der Waals surface area contributed by atoms with Crippen molar-refractivity contribution in [3.63, 3.8) is 0 Å². The average Bonchev–Trinajstić information content (AvgIpc) is 3.32. The number of hydrogen-bond acceptors (Lipinski definition) is 7. The number of hydrogen-bond donors (Lipinski definition) is 0. The predicted molar refractivity (Wildman–Crippen MR) is 121 cm³/mol. The van der Waals surface area contributed by atoms with Gasteiger partial charge in [-0.25, -0.2) is 4.98 Å². The third kappa shape index (κ3) is 6.94. The number of aromatic nitrogens is 1. The Balaban J connectivity index is 1.51. The van der Waals surface area contributed by atoms with Crippen molar-refractivity contribution < 1.29 is 23.5 Å². The zero-order valence-electron chi connectivity index (χ0n) is 18.4. The summed E-state index contributed by atoms with van der Waals surface area (Å²) in [5, 5.41) is 8.92. The lowest BCUT2D eigenvalue weighted by atomic mass is 10.2. The second kappa shape index (κ2) is 12.1. The standard InChI is InChI=1S/C25H25N3O5/c1-2-31-21-11-9-20(10-12-21)28(16-6-15-26)24(29)18-32-25(30)14-13-23-27-17-22(33-23)19-7-4-3-5-8-19/h3-5,7-12,17H,2,6,13-14,16,18H2,1H3. The molecule has 0 aliphatic rings. The molecule has 3 rings (SSSR count). The Bertz CT molecular complexity index is 1090. The number of carbonyl (C=O) groups is 2. The van der Waals surface area contributed by atoms with Gasteiger partial charge in [-0.2, -0.15) is 5.26 Å². The Kier molecular flexibility index (Phi) is 8.60. The summed E-state index contributed by atoms with van der Waals surface area (Å²) >= 11 is 0. The van der Waals surface area contributed by atoms with E-state index in [9.17, 15) is 9.59 Å². The number of nitrogens with zero attached hydrogens (tertiary/aromatic N) is 3. The van der Waals surface area contributed by atoms with Crippen LogP contribution in [0.2, 0.25) is 0 Å². The predicted octanol–water partition coefficient (Wildman–Crippen LogP) is 4.16. The van der Waals surface area contributed by atoms with Crippen LogP contribution in [0.5, 0.6) is 5.75 Å². The molecule has 0 saturated carbocycles. The van der Waals surface area contributed by atoms with Gasteiger partial charge in [-0.15, -0.1) is 0 Å². The van der Waals surface area contributed by atoms with Gasteiger partial charge < -0.3 is 18.8 Å². The molecule has 33 heavy (non-hydrogen) atoms. The van der Waals surface area contributed by atoms with Gasteiger partial charge in [-0.3, -0.25) is 9.59 Å². The van der Waals surface area contributed by atoms with Gasteiger partial charge in [0, 0.05) is 24.2 Å². The molecule has 2 aromatic carbocycles. The highest BCUT2D eigenvalue weighted by molar-refractivity contribution is 5.95. The Morgan fingerprint density at radius 2 is 1.88 bits per heavy atom. The highest BCUT2D eigenvalue weighted by Gasteiger charge is 2.18. The van der Waals surface area contributed by atoms with E-state index in [0.29, 0.717) is 29.7 Å². The summed E-state index contributed by atoms with van der Waals surface area (Å²) in [6, 6.07) is 18.5. The summed E-state index contributed by atoms with van der Waals surface area (Å²) in [6.45, 7) is 2.19. The molecule has 0 fully saturated rings. The van der Waals surface area contributed by atoms with Crippen LogP contribution >= 0.6 is 0 Å². The molecule has 0 radical (unpaired) electrons. The fourth-order valence-corrected chi connectivity index (χ4v) is 3.11. The number of ether oxygens (including phenoxy) is 2. The minimum Gasteiger partial charge on any atom is -0.494 e. The summed E-state index contributed by atoms with van der Waals surface area (Å²) in [6.07, 6.45) is 2.06. The summed E-state index contributed by atoms with van der Waals surface area (Å²) in [7, 11) is 0. The smallest absolute Gasteiger partial charge is 0.306 e. The van der Waals surface area contributed by atoms with E-state index in [0.717, 1.165) is 5.56 Å². The topological polar surface area (TPSA) is 106 Å². The molecule has 8 heteroatoms. The van der Waals surface area contributed by atoms with E-state index in [2.05, 4.69) is 4.98 Å². The van der Waals surface area contributed by atoms with Crippen LogP contribution in [0.1, 0.15) is 25.7 Å². The Labute approximate surface area is 192 Å². The van der Waals surface area contributed by atoms with Crippen molar-refractivity contribution in [2.45, 2.75) is 26.2 Å². The van der Waals surface area contributed by atoms with Crippen LogP contribution in [0.15, 0.2) is 65.2 Å². The van der Waals surface area contributed by atoms with Gasteiger partial charge in [0.15, 0.2) is 18.3 Å². The van der Waals surface area contributed by atoms with Crippen LogP contribution in [0.25, 0.3) is 11.3 Å². The summed E-state index contributed by atoms with van der Waals surface area (Å²) in [5.41, 5.74) is 1.50. The fourth-order valence-electron chi connectivity index (χ4n) is 3.11. The van der Waals surface area contributed by atoms with E-state index in [1.165, 1.54) is 4.90 Å². The largest absolute Gasteiger partial charge is 0.494 e. The maximum Gasteiger partial charge on any atom is 0.306 e. The lowest BCUT2D eigenvalue weighted by Gasteiger charge is -2.22. The Morgan fingerprint density at radius 3 is 2.58 bits per heavy atom. The maximum absolute atomic E-state index is 12.7. The molecule has 0 unspecified atom stereocenters. The van der Waals surface area contributed by atoms with Crippen LogP contribution in [0, 0.1) is 11.3 Å². The molecule has 0 saturated heterocycles. The summed E-state index contributed by atoms with van der Waals surface area (Å²) in [4.78, 5) is 30.4. The van der Waals surface area contributed by atoms with Crippen molar-refractivity contribution in [2.75, 3.05) is 24.7 Å². The third-order valence-corrected chi connectivity index (χ3v) is 4.72. The second-order valence-corrected chi connectivity index (χ2v) is 7.03. The third-order valence-electron chi connectivity index (χ3n) is 4.72. The van der Waals surface area contributed by atoms with Crippen molar-refractivity contribution in [1.82, 2.24) is 4.98 Å². The quantitative estimate of drug-likeness (QED) is 0.406. The molecule has 0 aliphatic heterocycles. The number of benzene rings is 2. The monoisotopic (exact) mass is 447 g/mol. The average molecular weight is 447 g/mol. The lowest BCUT2D eigenvalue weighted by Crippen LogP contribution is -2.35. The van der Waals surface area contributed by atoms with E-state index >= 15 is 0 Å². The molecule has 0 spiro atoms. The minimum atomic E-state index is -0.533. The first-order chi connectivity index (χ1) is 16.1. The number of nitriles is 1. The molecule has 170 valence electrons. The number of esters is 1. The summed E-state index contributed by atoms with van der Waals surface area (Å²) < 4.78 is 16.2. The Hall–Kier alpha value is -4.12. The zero-order chi connectivity index (χ0) is 23.5. The molecule has 1 aromatic heterocycles. The van der Waals surface area contributed by atoms with E-state index in [1.54, 1.807) is 30.5 Å². The van der Waals surface area contributed by atoms with Crippen LogP contribution in [-0.2, 0) is 20.7 Å². The van der Waals surface area contributed by atoms with E-state index in [4.69, 9.17) is 19.2 Å². The summed E-state index contributed by atoms with van der Waals surface area (Å²) in [5.74, 6) is 0.780. The minimum absolute atomic E-state index is 0.0310. The Morgan fingerprint density at radius 1 is 1.12 bits per heavy atom. The van der Waals surface area contributed by atoms with Crippen LogP contribution in [0.4, 0.5) is 5.69 Å². The van der Waals surface area contributed by atoms with E-state index in [-0.39, 0.29) is 25.8 Å². The number of rotatable bonds is 11. The first kappa shape index (κ1) is 23.5. The first-order valence-corrected chi connectivity index (χ1v) is 10.7. The highest BCUT2D eigenvalue weighted by atomic mass is 16.5. The van der Waals surface area contributed by atoms with Crippen molar-refractivity contribution in [3.8, 4) is 23.1 Å². The molecular formula is C25H25N3O5. The van der Waals surface area contributed by atoms with Crippen molar-refractivity contribution >= 4 is 17.6 Å². The van der Waals surface area contributed by atoms with Gasteiger partial charge >= 0.3 is 5.97 Å². The lowest BCUT2D eigenvalue weighted by molar-refractivity contribution is -0.147. The molecule has 1 heterocycles. The normalized spacial score (nSPS) is 10.3. The number of aryl methyl sites for hydroxylation is 1. The van der Waals surface area contributed by atoms with Gasteiger partial charge in [0.05, 0.1) is 31.7 Å². The SMILES string of the molecule is CCOc1ccc(N(CCC#N)C(=O)COC(=O)CCc2ncc(-c3ccccc3)o2)cc1. The van der Waals surface area contributed by atoms with E-state index < -0.39 is 18.5 Å². The van der Waals surface area contributed by atoms with Crippen molar-refractivity contribution in [1.29, 1.82) is 5.26 Å². The van der Waals surface area contributed by atoms with Crippen molar-refractivity contribution in [2.24, 2.45) is 0 Å². The zero-order valence-corrected chi connectivity index (χ0v) is 18.4. The number of anilines is 1. The second-order valence-electron chi connectivity index (χ2n) is 7.03. The molecule has 0 bridgehead atoms. The first-order valence-electron chi connectivity index (χ1n) is 10.7. The molecule has 3 aromatic rings. The van der Waals surface area contributed by atoms with Gasteiger partial charge in [-0.1, -0.05) is 30.3 Å². The molecule has 1 amide bonds. The van der Waals surface area contributed by atoms with Gasteiger partial charge in [0.25, 0.3) is 5.91 Å². The number of amides is 1. The molecule has 0 N–H and O–H groups in total. The van der Waals surface area contributed by atoms with Crippen LogP contribution < -0.4 is 9.64 Å². The van der Waals surface area contributed by atoms with Crippen LogP contribution in [0.3, 0.4) is 0 Å². The molecule has 0 aliphatic carbocycles. The van der Waals surface area contributed by atoms with Gasteiger partial charge in [0.2, 0.25) is 0 Å².